The quantitative estimate of drug-likeness (QED) is 0.639. The summed E-state index contributed by atoms with van der Waals surface area (Å²) in [6.07, 6.45) is 5.50. The molecule has 2 rings (SSSR count). The van der Waals surface area contributed by atoms with Crippen LogP contribution in [0.2, 0.25) is 0 Å². The Balaban J connectivity index is 1.84. The van der Waals surface area contributed by atoms with Gasteiger partial charge in [0.2, 0.25) is 0 Å². The lowest BCUT2D eigenvalue weighted by Gasteiger charge is -2.11. The monoisotopic (exact) mass is 258 g/mol. The molecule has 1 heterocycles. The molecule has 0 aliphatic rings. The van der Waals surface area contributed by atoms with Crippen LogP contribution in [0.4, 0.5) is 5.69 Å². The molecule has 0 amide bonds. The first-order valence-electron chi connectivity index (χ1n) is 6.25. The maximum Gasteiger partial charge on any atom is 0.163 e. The van der Waals surface area contributed by atoms with Gasteiger partial charge in [-0.25, -0.2) is 0 Å². The molecule has 1 aromatic carbocycles. The van der Waals surface area contributed by atoms with Crippen molar-refractivity contribution in [3.63, 3.8) is 0 Å². The van der Waals surface area contributed by atoms with Gasteiger partial charge in [0, 0.05) is 24.1 Å². The van der Waals surface area contributed by atoms with Gasteiger partial charge in [-0.2, -0.15) is 0 Å². The summed E-state index contributed by atoms with van der Waals surface area (Å²) >= 11 is 0. The van der Waals surface area contributed by atoms with Crippen molar-refractivity contribution >= 4 is 5.69 Å². The van der Waals surface area contributed by atoms with Gasteiger partial charge in [-0.15, -0.1) is 0 Å². The van der Waals surface area contributed by atoms with Crippen LogP contribution in [0, 0.1) is 0 Å². The molecule has 0 aliphatic carbocycles. The molecular weight excluding hydrogens is 240 g/mol. The summed E-state index contributed by atoms with van der Waals surface area (Å²) in [4.78, 5) is 3.99. The molecular formula is C15H18N2O2. The van der Waals surface area contributed by atoms with Crippen LogP contribution in [0.3, 0.4) is 0 Å². The maximum absolute atomic E-state index is 5.73. The molecule has 0 atom stereocenters. The third-order valence-corrected chi connectivity index (χ3v) is 2.80. The van der Waals surface area contributed by atoms with E-state index in [-0.39, 0.29) is 0 Å². The number of ether oxygens (including phenoxy) is 2. The molecule has 19 heavy (non-hydrogen) atoms. The minimum Gasteiger partial charge on any atom is -0.493 e. The first kappa shape index (κ1) is 13.2. The Labute approximate surface area is 113 Å². The molecule has 0 saturated carbocycles. The number of benzene rings is 1. The summed E-state index contributed by atoms with van der Waals surface area (Å²) in [6, 6.07) is 9.42. The molecule has 0 unspecified atom stereocenters. The number of rotatable bonds is 6. The predicted molar refractivity (Wildman–Crippen MR) is 75.5 cm³/mol. The summed E-state index contributed by atoms with van der Waals surface area (Å²) in [7, 11) is 1.62. The first-order chi connectivity index (χ1) is 9.29. The normalized spacial score (nSPS) is 10.2. The van der Waals surface area contributed by atoms with E-state index in [1.807, 2.05) is 18.2 Å². The highest BCUT2D eigenvalue weighted by Crippen LogP contribution is 2.29. The molecule has 1 aromatic heterocycles. The van der Waals surface area contributed by atoms with Gasteiger partial charge in [0.05, 0.1) is 13.7 Å². The fourth-order valence-electron chi connectivity index (χ4n) is 1.81. The lowest BCUT2D eigenvalue weighted by Crippen LogP contribution is -2.01. The van der Waals surface area contributed by atoms with E-state index in [9.17, 15) is 0 Å². The van der Waals surface area contributed by atoms with Crippen molar-refractivity contribution in [1.82, 2.24) is 4.98 Å². The molecule has 4 nitrogen and oxygen atoms in total. The largest absolute Gasteiger partial charge is 0.493 e. The van der Waals surface area contributed by atoms with E-state index < -0.39 is 0 Å². The second kappa shape index (κ2) is 6.64. The average Bonchev–Trinajstić information content (AvgIpc) is 2.45. The molecule has 4 heteroatoms. The number of pyridine rings is 1. The van der Waals surface area contributed by atoms with Crippen LogP contribution >= 0.6 is 0 Å². The Morgan fingerprint density at radius 2 is 1.89 bits per heavy atom. The summed E-state index contributed by atoms with van der Waals surface area (Å²) in [5.74, 6) is 1.40. The zero-order valence-corrected chi connectivity index (χ0v) is 11.0. The summed E-state index contributed by atoms with van der Waals surface area (Å²) < 4.78 is 10.9. The molecule has 2 N–H and O–H groups in total. The number of aromatic nitrogens is 1. The second-order valence-electron chi connectivity index (χ2n) is 4.22. The van der Waals surface area contributed by atoms with Crippen molar-refractivity contribution in [1.29, 1.82) is 0 Å². The fourth-order valence-corrected chi connectivity index (χ4v) is 1.81. The third kappa shape index (κ3) is 3.88. The number of anilines is 1. The Hall–Kier alpha value is -2.23. The zero-order chi connectivity index (χ0) is 13.5. The highest BCUT2D eigenvalue weighted by Gasteiger charge is 2.04. The number of aryl methyl sites for hydroxylation is 1. The minimum atomic E-state index is 0.627. The summed E-state index contributed by atoms with van der Waals surface area (Å²) in [5.41, 5.74) is 7.67. The van der Waals surface area contributed by atoms with Gasteiger partial charge < -0.3 is 15.2 Å². The van der Waals surface area contributed by atoms with Gasteiger partial charge in [-0.1, -0.05) is 0 Å². The Morgan fingerprint density at radius 3 is 2.63 bits per heavy atom. The number of hydrogen-bond acceptors (Lipinski definition) is 4. The topological polar surface area (TPSA) is 57.4 Å². The van der Waals surface area contributed by atoms with Crippen LogP contribution in [-0.2, 0) is 6.42 Å². The lowest BCUT2D eigenvalue weighted by atomic mass is 10.1. The number of methoxy groups -OCH3 is 1. The van der Waals surface area contributed by atoms with Gasteiger partial charge in [0.1, 0.15) is 0 Å². The van der Waals surface area contributed by atoms with Crippen LogP contribution in [0.1, 0.15) is 12.0 Å². The van der Waals surface area contributed by atoms with Crippen molar-refractivity contribution in [2.24, 2.45) is 0 Å². The van der Waals surface area contributed by atoms with Crippen molar-refractivity contribution in [2.45, 2.75) is 12.8 Å². The maximum atomic E-state index is 5.73. The lowest BCUT2D eigenvalue weighted by molar-refractivity contribution is 0.289. The zero-order valence-electron chi connectivity index (χ0n) is 11.0. The van der Waals surface area contributed by atoms with Crippen molar-refractivity contribution in [3.05, 3.63) is 48.3 Å². The van der Waals surface area contributed by atoms with E-state index in [4.69, 9.17) is 15.2 Å². The standard InChI is InChI=1S/C15H18N2O2/c1-18-14-5-4-13(16)11-15(14)19-10-2-3-12-6-8-17-9-7-12/h4-9,11H,2-3,10,16H2,1H3. The Bertz CT molecular complexity index is 515. The molecule has 0 aliphatic heterocycles. The minimum absolute atomic E-state index is 0.627. The van der Waals surface area contributed by atoms with E-state index in [2.05, 4.69) is 4.98 Å². The van der Waals surface area contributed by atoms with Crippen LogP contribution in [0.25, 0.3) is 0 Å². The van der Waals surface area contributed by atoms with Gasteiger partial charge in [0.25, 0.3) is 0 Å². The van der Waals surface area contributed by atoms with Crippen molar-refractivity contribution < 1.29 is 9.47 Å². The third-order valence-electron chi connectivity index (χ3n) is 2.80. The van der Waals surface area contributed by atoms with E-state index in [0.717, 1.165) is 12.8 Å². The second-order valence-corrected chi connectivity index (χ2v) is 4.22. The van der Waals surface area contributed by atoms with E-state index in [1.165, 1.54) is 5.56 Å². The van der Waals surface area contributed by atoms with Gasteiger partial charge in [0.15, 0.2) is 11.5 Å². The number of nitrogen functional groups attached to an aromatic ring is 1. The number of nitrogens with two attached hydrogens (primary N) is 1. The highest BCUT2D eigenvalue weighted by molar-refractivity contribution is 5.51. The number of hydrogen-bond donors (Lipinski definition) is 1. The van der Waals surface area contributed by atoms with Crippen LogP contribution in [-0.4, -0.2) is 18.7 Å². The molecule has 100 valence electrons. The van der Waals surface area contributed by atoms with Crippen molar-refractivity contribution in [3.8, 4) is 11.5 Å². The van der Waals surface area contributed by atoms with Gasteiger partial charge in [-0.3, -0.25) is 4.98 Å². The Kier molecular flexibility index (Phi) is 4.61. The SMILES string of the molecule is COc1ccc(N)cc1OCCCc1ccncc1. The first-order valence-corrected chi connectivity index (χ1v) is 6.25. The average molecular weight is 258 g/mol. The van der Waals surface area contributed by atoms with Crippen molar-refractivity contribution in [2.75, 3.05) is 19.5 Å². The smallest absolute Gasteiger partial charge is 0.163 e. The number of nitrogens with zero attached hydrogens (tertiary/aromatic N) is 1. The van der Waals surface area contributed by atoms with Crippen LogP contribution in [0.5, 0.6) is 11.5 Å². The van der Waals surface area contributed by atoms with Crippen LogP contribution in [0.15, 0.2) is 42.7 Å². The molecule has 0 radical (unpaired) electrons. The highest BCUT2D eigenvalue weighted by atomic mass is 16.5. The molecule has 0 saturated heterocycles. The summed E-state index contributed by atoms with van der Waals surface area (Å²) in [6.45, 7) is 0.627. The summed E-state index contributed by atoms with van der Waals surface area (Å²) in [5, 5.41) is 0. The Morgan fingerprint density at radius 1 is 1.11 bits per heavy atom. The van der Waals surface area contributed by atoms with Gasteiger partial charge >= 0.3 is 0 Å². The molecule has 0 bridgehead atoms. The van der Waals surface area contributed by atoms with E-state index in [0.29, 0.717) is 23.8 Å². The van der Waals surface area contributed by atoms with E-state index in [1.54, 1.807) is 31.6 Å². The van der Waals surface area contributed by atoms with Crippen LogP contribution < -0.4 is 15.2 Å². The van der Waals surface area contributed by atoms with E-state index >= 15 is 0 Å². The molecule has 0 spiro atoms. The predicted octanol–water partition coefficient (Wildman–Crippen LogP) is 2.68. The molecule has 2 aromatic rings. The fraction of sp³-hybridized carbons (Fsp3) is 0.267. The molecule has 0 fully saturated rings. The van der Waals surface area contributed by atoms with Gasteiger partial charge in [-0.05, 0) is 42.7 Å².